The van der Waals surface area contributed by atoms with Gasteiger partial charge in [-0.2, -0.15) is 0 Å². The third-order valence-corrected chi connectivity index (χ3v) is 2.98. The molecule has 0 aliphatic heterocycles. The zero-order valence-electron chi connectivity index (χ0n) is 12.6. The number of hydrogen-bond acceptors (Lipinski definition) is 4. The Morgan fingerprint density at radius 2 is 2.14 bits per heavy atom. The van der Waals surface area contributed by atoms with Gasteiger partial charge < -0.3 is 10.6 Å². The molecule has 0 aliphatic carbocycles. The molecular formula is C16H20N4O. The van der Waals surface area contributed by atoms with Crippen molar-refractivity contribution in [3.63, 3.8) is 0 Å². The molecule has 0 unspecified atom stereocenters. The summed E-state index contributed by atoms with van der Waals surface area (Å²) in [4.78, 5) is 20.8. The van der Waals surface area contributed by atoms with Crippen LogP contribution in [-0.4, -0.2) is 22.4 Å². The Hall–Kier alpha value is -2.43. The fourth-order valence-corrected chi connectivity index (χ4v) is 1.89. The maximum atomic E-state index is 12.4. The van der Waals surface area contributed by atoms with Gasteiger partial charge in [0, 0.05) is 24.0 Å². The average molecular weight is 284 g/mol. The van der Waals surface area contributed by atoms with Crippen molar-refractivity contribution < 1.29 is 4.79 Å². The summed E-state index contributed by atoms with van der Waals surface area (Å²) in [6.45, 7) is 6.87. The van der Waals surface area contributed by atoms with Crippen LogP contribution in [-0.2, 0) is 0 Å². The molecule has 0 aliphatic rings. The van der Waals surface area contributed by atoms with E-state index in [1.165, 1.54) is 0 Å². The Morgan fingerprint density at radius 1 is 1.33 bits per heavy atom. The van der Waals surface area contributed by atoms with E-state index in [2.05, 4.69) is 34.4 Å². The number of nitrogens with one attached hydrogen (secondary N) is 2. The van der Waals surface area contributed by atoms with Gasteiger partial charge in [-0.15, -0.1) is 0 Å². The van der Waals surface area contributed by atoms with E-state index in [-0.39, 0.29) is 11.8 Å². The molecule has 21 heavy (non-hydrogen) atoms. The third kappa shape index (κ3) is 4.02. The van der Waals surface area contributed by atoms with Gasteiger partial charge >= 0.3 is 0 Å². The van der Waals surface area contributed by atoms with Crippen LogP contribution < -0.4 is 10.6 Å². The summed E-state index contributed by atoms with van der Waals surface area (Å²) in [5, 5.41) is 6.00. The van der Waals surface area contributed by atoms with Crippen LogP contribution in [0.25, 0.3) is 0 Å². The number of rotatable bonds is 5. The number of hydrogen-bond donors (Lipinski definition) is 2. The highest BCUT2D eigenvalue weighted by Crippen LogP contribution is 2.18. The van der Waals surface area contributed by atoms with Gasteiger partial charge in [-0.3, -0.25) is 9.78 Å². The van der Waals surface area contributed by atoms with Crippen LogP contribution >= 0.6 is 0 Å². The highest BCUT2D eigenvalue weighted by molar-refractivity contribution is 6.04. The molecule has 0 saturated carbocycles. The minimum Gasteiger partial charge on any atom is -0.370 e. The predicted octanol–water partition coefficient (Wildman–Crippen LogP) is 3.28. The van der Waals surface area contributed by atoms with Crippen molar-refractivity contribution in [3.05, 3.63) is 47.9 Å². The average Bonchev–Trinajstić information content (AvgIpc) is 2.48. The van der Waals surface area contributed by atoms with Gasteiger partial charge in [-0.1, -0.05) is 13.8 Å². The Labute approximate surface area is 124 Å². The van der Waals surface area contributed by atoms with E-state index in [4.69, 9.17) is 0 Å². The van der Waals surface area contributed by atoms with Gasteiger partial charge in [-0.25, -0.2) is 4.98 Å². The Kier molecular flexibility index (Phi) is 4.87. The van der Waals surface area contributed by atoms with Gasteiger partial charge in [-0.05, 0) is 37.1 Å². The monoisotopic (exact) mass is 284 g/mol. The molecule has 2 aromatic rings. The van der Waals surface area contributed by atoms with Gasteiger partial charge in [0.1, 0.15) is 5.82 Å². The summed E-state index contributed by atoms with van der Waals surface area (Å²) >= 11 is 0. The molecule has 2 N–H and O–H groups in total. The zero-order valence-corrected chi connectivity index (χ0v) is 12.6. The fourth-order valence-electron chi connectivity index (χ4n) is 1.89. The minimum absolute atomic E-state index is 0.161. The summed E-state index contributed by atoms with van der Waals surface area (Å²) < 4.78 is 0. The number of carbonyl (C=O) groups excluding carboxylic acids is 1. The lowest BCUT2D eigenvalue weighted by molar-refractivity contribution is 0.102. The number of amides is 1. The van der Waals surface area contributed by atoms with E-state index in [0.29, 0.717) is 11.3 Å². The summed E-state index contributed by atoms with van der Waals surface area (Å²) in [5.74, 6) is 0.819. The van der Waals surface area contributed by atoms with Crippen LogP contribution in [0, 0.1) is 0 Å². The minimum atomic E-state index is -0.161. The fraction of sp³-hybridized carbons (Fsp3) is 0.312. The summed E-state index contributed by atoms with van der Waals surface area (Å²) in [5.41, 5.74) is 2.16. The van der Waals surface area contributed by atoms with Crippen LogP contribution in [0.15, 0.2) is 36.7 Å². The number of anilines is 2. The van der Waals surface area contributed by atoms with Crippen LogP contribution in [0.3, 0.4) is 0 Å². The van der Waals surface area contributed by atoms with E-state index in [0.717, 1.165) is 18.1 Å². The van der Waals surface area contributed by atoms with Crippen molar-refractivity contribution >= 4 is 17.4 Å². The highest BCUT2D eigenvalue weighted by Gasteiger charge is 2.12. The van der Waals surface area contributed by atoms with Gasteiger partial charge in [0.2, 0.25) is 0 Å². The predicted molar refractivity (Wildman–Crippen MR) is 84.7 cm³/mol. The highest BCUT2D eigenvalue weighted by atomic mass is 16.1. The molecule has 5 heteroatoms. The second-order valence-electron chi connectivity index (χ2n) is 5.05. The first-order valence-corrected chi connectivity index (χ1v) is 7.07. The van der Waals surface area contributed by atoms with E-state index in [1.807, 2.05) is 13.0 Å². The summed E-state index contributed by atoms with van der Waals surface area (Å²) in [6, 6.07) is 7.19. The number of aromatic nitrogens is 2. The summed E-state index contributed by atoms with van der Waals surface area (Å²) in [7, 11) is 0. The normalized spacial score (nSPS) is 10.5. The van der Waals surface area contributed by atoms with Crippen molar-refractivity contribution in [2.75, 3.05) is 17.2 Å². The van der Waals surface area contributed by atoms with E-state index < -0.39 is 0 Å². The number of nitrogens with zero attached hydrogens (tertiary/aromatic N) is 2. The lowest BCUT2D eigenvalue weighted by atomic mass is 10.1. The van der Waals surface area contributed by atoms with Crippen molar-refractivity contribution in [1.82, 2.24) is 9.97 Å². The second-order valence-corrected chi connectivity index (χ2v) is 5.05. The van der Waals surface area contributed by atoms with Gasteiger partial charge in [0.15, 0.2) is 0 Å². The summed E-state index contributed by atoms with van der Waals surface area (Å²) in [6.07, 6.45) is 3.29. The largest absolute Gasteiger partial charge is 0.370 e. The van der Waals surface area contributed by atoms with Gasteiger partial charge in [0.25, 0.3) is 5.91 Å². The first-order valence-electron chi connectivity index (χ1n) is 7.07. The Bertz CT molecular complexity index is 611. The number of pyridine rings is 2. The quantitative estimate of drug-likeness (QED) is 0.884. The molecule has 0 saturated heterocycles. The van der Waals surface area contributed by atoms with Crippen LogP contribution in [0.2, 0.25) is 0 Å². The first kappa shape index (κ1) is 15.0. The van der Waals surface area contributed by atoms with Crippen molar-refractivity contribution in [2.24, 2.45) is 0 Å². The Morgan fingerprint density at radius 3 is 2.76 bits per heavy atom. The molecule has 0 spiro atoms. The molecule has 5 nitrogen and oxygen atoms in total. The molecule has 0 radical (unpaired) electrons. The molecule has 0 fully saturated rings. The molecule has 2 aromatic heterocycles. The van der Waals surface area contributed by atoms with Crippen LogP contribution in [0.5, 0.6) is 0 Å². The molecule has 0 bridgehead atoms. The first-order chi connectivity index (χ1) is 10.1. The van der Waals surface area contributed by atoms with Crippen LogP contribution in [0.4, 0.5) is 11.5 Å². The van der Waals surface area contributed by atoms with E-state index >= 15 is 0 Å². The number of carbonyl (C=O) groups is 1. The topological polar surface area (TPSA) is 66.9 Å². The molecule has 2 rings (SSSR count). The maximum absolute atomic E-state index is 12.4. The Balaban J connectivity index is 2.27. The lowest BCUT2D eigenvalue weighted by Crippen LogP contribution is -2.14. The SMILES string of the molecule is CCNc1cc(C(=O)Nc2cccnc2)cc(C(C)C)n1. The molecule has 2 heterocycles. The van der Waals surface area contributed by atoms with Crippen LogP contribution in [0.1, 0.15) is 42.7 Å². The second kappa shape index (κ2) is 6.83. The lowest BCUT2D eigenvalue weighted by Gasteiger charge is -2.12. The van der Waals surface area contributed by atoms with Crippen molar-refractivity contribution in [1.29, 1.82) is 0 Å². The van der Waals surface area contributed by atoms with E-state index in [9.17, 15) is 4.79 Å². The molecule has 0 aromatic carbocycles. The van der Waals surface area contributed by atoms with Crippen molar-refractivity contribution in [2.45, 2.75) is 26.7 Å². The smallest absolute Gasteiger partial charge is 0.255 e. The van der Waals surface area contributed by atoms with Gasteiger partial charge in [0.05, 0.1) is 11.9 Å². The van der Waals surface area contributed by atoms with E-state index in [1.54, 1.807) is 30.6 Å². The van der Waals surface area contributed by atoms with Crippen molar-refractivity contribution in [3.8, 4) is 0 Å². The third-order valence-electron chi connectivity index (χ3n) is 2.98. The molecule has 0 atom stereocenters. The maximum Gasteiger partial charge on any atom is 0.255 e. The standard InChI is InChI=1S/C16H20N4O/c1-4-18-15-9-12(8-14(20-15)11(2)3)16(21)19-13-6-5-7-17-10-13/h5-11H,4H2,1-3H3,(H,18,20)(H,19,21). The zero-order chi connectivity index (χ0) is 15.2. The molecule has 110 valence electrons. The molecular weight excluding hydrogens is 264 g/mol. The molecule has 1 amide bonds.